The lowest BCUT2D eigenvalue weighted by atomic mass is 10.0. The Kier molecular flexibility index (Phi) is 5.75. The number of halogens is 3. The molecule has 12 heteroatoms. The number of rotatable bonds is 6. The van der Waals surface area contributed by atoms with Gasteiger partial charge < -0.3 is 0 Å². The number of pyridine rings is 2. The van der Waals surface area contributed by atoms with Crippen LogP contribution in [0.5, 0.6) is 0 Å². The molecule has 1 saturated carbocycles. The van der Waals surface area contributed by atoms with Crippen molar-refractivity contribution < 1.29 is 21.6 Å². The van der Waals surface area contributed by atoms with E-state index in [1.165, 1.54) is 37.6 Å². The summed E-state index contributed by atoms with van der Waals surface area (Å²) >= 11 is -0.410. The molecule has 182 valence electrons. The lowest BCUT2D eigenvalue weighted by Crippen LogP contribution is -2.20. The lowest BCUT2D eigenvalue weighted by molar-refractivity contribution is -0.0329. The Balaban J connectivity index is 1.62. The number of alkyl halides is 3. The molecule has 7 nitrogen and oxygen atoms in total. The van der Waals surface area contributed by atoms with Crippen LogP contribution in [0.2, 0.25) is 0 Å². The third-order valence-corrected chi connectivity index (χ3v) is 8.21. The Morgan fingerprint density at radius 3 is 2.43 bits per heavy atom. The number of benzene rings is 1. The van der Waals surface area contributed by atoms with Crippen LogP contribution in [0.1, 0.15) is 31.2 Å². The van der Waals surface area contributed by atoms with Gasteiger partial charge in [-0.05, 0) is 42.0 Å². The van der Waals surface area contributed by atoms with Crippen molar-refractivity contribution in [3.8, 4) is 16.9 Å². The second-order valence-electron chi connectivity index (χ2n) is 8.21. The molecule has 0 bridgehead atoms. The first-order valence-corrected chi connectivity index (χ1v) is 13.2. The van der Waals surface area contributed by atoms with Crippen LogP contribution in [0.25, 0.3) is 27.8 Å². The first-order chi connectivity index (χ1) is 16.6. The average Bonchev–Trinajstić information content (AvgIpc) is 3.62. The Morgan fingerprint density at radius 1 is 1.09 bits per heavy atom. The molecular weight excluding hydrogens is 501 g/mol. The Hall–Kier alpha value is -3.12. The largest absolute Gasteiger partial charge is 0.447 e. The quantitative estimate of drug-likeness (QED) is 0.357. The summed E-state index contributed by atoms with van der Waals surface area (Å²) in [7, 11) is -3.82. The lowest BCUT2D eigenvalue weighted by Gasteiger charge is -2.11. The van der Waals surface area contributed by atoms with Gasteiger partial charge in [-0.1, -0.05) is 31.2 Å². The van der Waals surface area contributed by atoms with Crippen LogP contribution < -0.4 is 5.56 Å². The van der Waals surface area contributed by atoms with E-state index in [9.17, 15) is 26.4 Å². The van der Waals surface area contributed by atoms with Crippen molar-refractivity contribution in [1.82, 2.24) is 19.7 Å². The number of aromatic amines is 1. The molecule has 3 heterocycles. The van der Waals surface area contributed by atoms with E-state index in [-0.39, 0.29) is 32.4 Å². The zero-order valence-corrected chi connectivity index (χ0v) is 20.0. The second-order valence-corrected chi connectivity index (χ2v) is 11.5. The van der Waals surface area contributed by atoms with Crippen LogP contribution in [0.15, 0.2) is 63.5 Å². The normalized spacial score (nSPS) is 14.5. The third-order valence-electron chi connectivity index (χ3n) is 5.82. The van der Waals surface area contributed by atoms with Crippen molar-refractivity contribution in [3.05, 3.63) is 64.7 Å². The molecule has 0 spiro atoms. The molecule has 1 aliphatic rings. The van der Waals surface area contributed by atoms with Crippen molar-refractivity contribution in [2.45, 2.75) is 41.1 Å². The first-order valence-electron chi connectivity index (χ1n) is 10.8. The fourth-order valence-corrected chi connectivity index (χ4v) is 5.39. The molecule has 0 saturated heterocycles. The van der Waals surface area contributed by atoms with Crippen molar-refractivity contribution in [3.63, 3.8) is 0 Å². The van der Waals surface area contributed by atoms with E-state index >= 15 is 0 Å². The van der Waals surface area contributed by atoms with Crippen LogP contribution in [0.3, 0.4) is 0 Å². The number of nitrogens with one attached hydrogen (secondary N) is 1. The summed E-state index contributed by atoms with van der Waals surface area (Å²) in [6.45, 7) is 1.48. The minimum Gasteiger partial charge on any atom is -0.289 e. The maximum Gasteiger partial charge on any atom is 0.447 e. The Labute approximate surface area is 202 Å². The van der Waals surface area contributed by atoms with E-state index in [1.807, 2.05) is 24.3 Å². The summed E-state index contributed by atoms with van der Waals surface area (Å²) in [6.07, 6.45) is 4.83. The number of aromatic nitrogens is 4. The fraction of sp³-hybridized carbons (Fsp3) is 0.261. The highest BCUT2D eigenvalue weighted by Crippen LogP contribution is 2.40. The summed E-state index contributed by atoms with van der Waals surface area (Å²) in [5.74, 6) is 0.199. The highest BCUT2D eigenvalue weighted by Gasteiger charge is 2.30. The average molecular weight is 521 g/mol. The standard InChI is InChI=1S/C23H19F3N4O3S2/c1-2-35(32,33)19-9-16(15-7-5-14(6-8-15)13-3-4-13)11-28-21(19)30-22(31)17-12-27-20(10-18(17)29-30)34-23(24,25)26/h5-13,29H,2-4H2,1H3. The van der Waals surface area contributed by atoms with E-state index in [2.05, 4.69) is 15.1 Å². The molecular formula is C23H19F3N4O3S2. The molecule has 0 unspecified atom stereocenters. The fourth-order valence-electron chi connectivity index (χ4n) is 3.83. The summed E-state index contributed by atoms with van der Waals surface area (Å²) in [5.41, 5.74) is -2.54. The number of nitrogens with zero attached hydrogens (tertiary/aromatic N) is 3. The van der Waals surface area contributed by atoms with E-state index in [0.717, 1.165) is 22.5 Å². The van der Waals surface area contributed by atoms with E-state index < -0.39 is 32.7 Å². The molecule has 1 aliphatic carbocycles. The summed E-state index contributed by atoms with van der Waals surface area (Å²) in [4.78, 5) is 20.8. The van der Waals surface area contributed by atoms with Gasteiger partial charge in [-0.2, -0.15) is 17.9 Å². The molecule has 0 atom stereocenters. The van der Waals surface area contributed by atoms with Crippen molar-refractivity contribution in [2.24, 2.45) is 0 Å². The third kappa shape index (κ3) is 4.72. The number of thioether (sulfide) groups is 1. The Bertz CT molecular complexity index is 1590. The van der Waals surface area contributed by atoms with Gasteiger partial charge in [0.15, 0.2) is 15.7 Å². The maximum atomic E-state index is 13.0. The van der Waals surface area contributed by atoms with Gasteiger partial charge in [0, 0.05) is 29.7 Å². The molecule has 1 N–H and O–H groups in total. The number of hydrogen-bond acceptors (Lipinski definition) is 6. The highest BCUT2D eigenvalue weighted by molar-refractivity contribution is 8.00. The van der Waals surface area contributed by atoms with Gasteiger partial charge in [0.05, 0.1) is 16.7 Å². The van der Waals surface area contributed by atoms with Gasteiger partial charge in [0.1, 0.15) is 9.92 Å². The minimum absolute atomic E-state index is 0.0120. The number of sulfone groups is 1. The van der Waals surface area contributed by atoms with Gasteiger partial charge in [0.25, 0.3) is 5.56 Å². The number of fused-ring (bicyclic) bond motifs is 1. The number of hydrogen-bond donors (Lipinski definition) is 1. The second kappa shape index (κ2) is 8.52. The zero-order valence-electron chi connectivity index (χ0n) is 18.3. The molecule has 35 heavy (non-hydrogen) atoms. The summed E-state index contributed by atoms with van der Waals surface area (Å²) in [6, 6.07) is 10.4. The highest BCUT2D eigenvalue weighted by atomic mass is 32.2. The predicted molar refractivity (Wildman–Crippen MR) is 127 cm³/mol. The maximum absolute atomic E-state index is 13.0. The summed E-state index contributed by atoms with van der Waals surface area (Å²) in [5, 5.41) is 2.35. The number of H-pyrrole nitrogens is 1. The van der Waals surface area contributed by atoms with Crippen LogP contribution in [0, 0.1) is 0 Å². The Morgan fingerprint density at radius 2 is 1.80 bits per heavy atom. The van der Waals surface area contributed by atoms with Gasteiger partial charge in [-0.15, -0.1) is 0 Å². The topological polar surface area (TPSA) is 97.7 Å². The molecule has 0 radical (unpaired) electrons. The molecule has 3 aromatic heterocycles. The van der Waals surface area contributed by atoms with E-state index in [1.54, 1.807) is 0 Å². The van der Waals surface area contributed by atoms with Crippen LogP contribution in [-0.4, -0.2) is 39.4 Å². The molecule has 0 aliphatic heterocycles. The van der Waals surface area contributed by atoms with Crippen LogP contribution in [-0.2, 0) is 9.84 Å². The van der Waals surface area contributed by atoms with Gasteiger partial charge >= 0.3 is 5.51 Å². The van der Waals surface area contributed by atoms with Gasteiger partial charge in [0.2, 0.25) is 0 Å². The SMILES string of the molecule is CCS(=O)(=O)c1cc(-c2ccc(C3CC3)cc2)cnc1-n1[nH]c2cc(SC(F)(F)F)ncc2c1=O. The van der Waals surface area contributed by atoms with Gasteiger partial charge in [-0.3, -0.25) is 9.89 Å². The molecule has 0 amide bonds. The van der Waals surface area contributed by atoms with Crippen molar-refractivity contribution in [1.29, 1.82) is 0 Å². The molecule has 4 aromatic rings. The van der Waals surface area contributed by atoms with Crippen molar-refractivity contribution >= 4 is 32.5 Å². The van der Waals surface area contributed by atoms with E-state index in [0.29, 0.717) is 11.5 Å². The molecule has 5 rings (SSSR count). The van der Waals surface area contributed by atoms with Crippen molar-refractivity contribution in [2.75, 3.05) is 5.75 Å². The zero-order chi connectivity index (χ0) is 25.0. The smallest absolute Gasteiger partial charge is 0.289 e. The van der Waals surface area contributed by atoms with Crippen LogP contribution >= 0.6 is 11.8 Å². The summed E-state index contributed by atoms with van der Waals surface area (Å²) < 4.78 is 65.0. The predicted octanol–water partition coefficient (Wildman–Crippen LogP) is 5.06. The van der Waals surface area contributed by atoms with E-state index in [4.69, 9.17) is 0 Å². The monoisotopic (exact) mass is 520 g/mol. The minimum atomic E-state index is -4.54. The van der Waals surface area contributed by atoms with Gasteiger partial charge in [-0.25, -0.2) is 18.4 Å². The molecule has 1 fully saturated rings. The first kappa shape index (κ1) is 23.6. The molecule has 1 aromatic carbocycles. The van der Waals surface area contributed by atoms with Crippen LogP contribution in [0.4, 0.5) is 13.2 Å².